The molecule has 1 aliphatic heterocycles. The summed E-state index contributed by atoms with van der Waals surface area (Å²) >= 11 is 0. The number of nitrogens with one attached hydrogen (secondary N) is 1. The van der Waals surface area contributed by atoms with E-state index in [0.717, 1.165) is 37.9 Å². The first kappa shape index (κ1) is 17.2. The van der Waals surface area contributed by atoms with Crippen molar-refractivity contribution in [3.63, 3.8) is 0 Å². The summed E-state index contributed by atoms with van der Waals surface area (Å²) in [5.41, 5.74) is 1.85. The van der Waals surface area contributed by atoms with Crippen molar-refractivity contribution in [2.45, 2.75) is 63.8 Å². The maximum absolute atomic E-state index is 11.9. The van der Waals surface area contributed by atoms with Gasteiger partial charge in [0, 0.05) is 25.2 Å². The van der Waals surface area contributed by atoms with Crippen molar-refractivity contribution in [1.82, 2.24) is 10.2 Å². The minimum atomic E-state index is -0.468. The molecule has 132 valence electrons. The smallest absolute Gasteiger partial charge is 0.407 e. The quantitative estimate of drug-likeness (QED) is 0.874. The van der Waals surface area contributed by atoms with E-state index >= 15 is 0 Å². The molecule has 0 saturated carbocycles. The second-order valence-corrected chi connectivity index (χ2v) is 7.87. The van der Waals surface area contributed by atoms with Crippen LogP contribution in [0.4, 0.5) is 4.79 Å². The molecule has 1 aromatic rings. The van der Waals surface area contributed by atoms with Crippen molar-refractivity contribution < 1.29 is 14.6 Å². The van der Waals surface area contributed by atoms with Gasteiger partial charge in [-0.15, -0.1) is 0 Å². The molecule has 2 atom stereocenters. The van der Waals surface area contributed by atoms with Gasteiger partial charge in [0.15, 0.2) is 0 Å². The van der Waals surface area contributed by atoms with E-state index < -0.39 is 11.7 Å². The fourth-order valence-electron chi connectivity index (χ4n) is 3.73. The van der Waals surface area contributed by atoms with Gasteiger partial charge >= 0.3 is 6.09 Å². The third-order valence-corrected chi connectivity index (χ3v) is 4.89. The fourth-order valence-corrected chi connectivity index (χ4v) is 3.73. The van der Waals surface area contributed by atoms with Gasteiger partial charge in [0.1, 0.15) is 5.60 Å². The zero-order chi connectivity index (χ0) is 17.3. The highest BCUT2D eigenvalue weighted by molar-refractivity contribution is 5.68. The predicted octanol–water partition coefficient (Wildman–Crippen LogP) is 2.63. The molecule has 2 aliphatic rings. The third kappa shape index (κ3) is 3.90. The highest BCUT2D eigenvalue weighted by atomic mass is 16.6. The second-order valence-electron chi connectivity index (χ2n) is 7.87. The molecule has 3 rings (SSSR count). The van der Waals surface area contributed by atoms with E-state index in [1.165, 1.54) is 5.56 Å². The van der Waals surface area contributed by atoms with E-state index in [1.54, 1.807) is 0 Å². The molecule has 0 radical (unpaired) electrons. The maximum atomic E-state index is 11.9. The highest BCUT2D eigenvalue weighted by Gasteiger charge is 2.36. The monoisotopic (exact) mass is 332 g/mol. The summed E-state index contributed by atoms with van der Waals surface area (Å²) in [7, 11) is 0. The molecule has 5 heteroatoms. The van der Waals surface area contributed by atoms with Crippen LogP contribution in [0.25, 0.3) is 0 Å². The number of hydrogen-bond donors (Lipinski definition) is 2. The van der Waals surface area contributed by atoms with Gasteiger partial charge in [0.2, 0.25) is 0 Å². The second kappa shape index (κ2) is 6.73. The number of nitrogens with zero attached hydrogens (tertiary/aromatic N) is 1. The average Bonchev–Trinajstić information content (AvgIpc) is 2.84. The van der Waals surface area contributed by atoms with Crippen LogP contribution < -0.4 is 5.32 Å². The summed E-state index contributed by atoms with van der Waals surface area (Å²) in [5.74, 6) is 0. The zero-order valence-electron chi connectivity index (χ0n) is 14.8. The Hall–Kier alpha value is -1.59. The van der Waals surface area contributed by atoms with E-state index in [0.29, 0.717) is 0 Å². The van der Waals surface area contributed by atoms with Crippen LogP contribution in [0.15, 0.2) is 24.3 Å². The molecule has 1 amide bonds. The maximum Gasteiger partial charge on any atom is 0.407 e. The number of carbonyl (C=O) groups is 1. The van der Waals surface area contributed by atoms with Crippen molar-refractivity contribution >= 4 is 6.09 Å². The number of fused-ring (bicyclic) bond motifs is 1. The number of likely N-dealkylation sites (tertiary alicyclic amines) is 1. The summed E-state index contributed by atoms with van der Waals surface area (Å²) in [4.78, 5) is 14.2. The number of ether oxygens (including phenoxy) is 1. The van der Waals surface area contributed by atoms with E-state index in [9.17, 15) is 9.90 Å². The summed E-state index contributed by atoms with van der Waals surface area (Å²) in [5, 5.41) is 13.6. The standard InChI is InChI=1S/C19H28N2O3/c1-19(2,3)24-18(23)20-14-8-10-21(11-9-14)16-12-13-6-4-5-7-15(13)17(16)22/h4-7,14,16-17,22H,8-12H2,1-3H3,(H,20,23). The molecule has 24 heavy (non-hydrogen) atoms. The Morgan fingerprint density at radius 2 is 1.92 bits per heavy atom. The number of benzene rings is 1. The van der Waals surface area contributed by atoms with Gasteiger partial charge in [0.05, 0.1) is 6.10 Å². The Morgan fingerprint density at radius 3 is 2.54 bits per heavy atom. The summed E-state index contributed by atoms with van der Waals surface area (Å²) in [6.45, 7) is 7.38. The first-order valence-corrected chi connectivity index (χ1v) is 8.83. The first-order valence-electron chi connectivity index (χ1n) is 8.83. The lowest BCUT2D eigenvalue weighted by molar-refractivity contribution is 0.0336. The molecule has 0 spiro atoms. The van der Waals surface area contributed by atoms with Gasteiger partial charge in [-0.05, 0) is 51.2 Å². The summed E-state index contributed by atoms with van der Waals surface area (Å²) < 4.78 is 5.32. The first-order chi connectivity index (χ1) is 11.3. The Kier molecular flexibility index (Phi) is 4.83. The number of carbonyl (C=O) groups excluding carboxylic acids is 1. The molecular formula is C19H28N2O3. The fraction of sp³-hybridized carbons (Fsp3) is 0.632. The summed E-state index contributed by atoms with van der Waals surface area (Å²) in [6.07, 6.45) is 1.94. The number of rotatable bonds is 2. The Balaban J connectivity index is 1.50. The molecule has 1 heterocycles. The number of hydrogen-bond acceptors (Lipinski definition) is 4. The Labute approximate surface area is 144 Å². The predicted molar refractivity (Wildman–Crippen MR) is 92.9 cm³/mol. The van der Waals surface area contributed by atoms with Crippen molar-refractivity contribution in [2.24, 2.45) is 0 Å². The molecule has 0 bridgehead atoms. The van der Waals surface area contributed by atoms with Gasteiger partial charge in [-0.3, -0.25) is 4.90 Å². The van der Waals surface area contributed by atoms with Gasteiger partial charge in [-0.25, -0.2) is 4.79 Å². The van der Waals surface area contributed by atoms with Gasteiger partial charge in [0.25, 0.3) is 0 Å². The minimum absolute atomic E-state index is 0.150. The van der Waals surface area contributed by atoms with Crippen LogP contribution >= 0.6 is 0 Å². The largest absolute Gasteiger partial charge is 0.444 e. The SMILES string of the molecule is CC(C)(C)OC(=O)NC1CCN(C2Cc3ccccc3C2O)CC1. The lowest BCUT2D eigenvalue weighted by Crippen LogP contribution is -2.49. The lowest BCUT2D eigenvalue weighted by Gasteiger charge is -2.37. The number of piperidine rings is 1. The molecule has 1 aliphatic carbocycles. The van der Waals surface area contributed by atoms with E-state index in [2.05, 4.69) is 16.3 Å². The van der Waals surface area contributed by atoms with Crippen LogP contribution in [-0.2, 0) is 11.2 Å². The molecule has 2 N–H and O–H groups in total. The minimum Gasteiger partial charge on any atom is -0.444 e. The summed E-state index contributed by atoms with van der Waals surface area (Å²) in [6, 6.07) is 8.46. The van der Waals surface area contributed by atoms with Crippen LogP contribution in [0, 0.1) is 0 Å². The van der Waals surface area contributed by atoms with E-state index in [1.807, 2.05) is 39.0 Å². The Bertz CT molecular complexity index is 589. The molecular weight excluding hydrogens is 304 g/mol. The lowest BCUT2D eigenvalue weighted by atomic mass is 10.0. The molecule has 2 unspecified atom stereocenters. The van der Waals surface area contributed by atoms with E-state index in [-0.39, 0.29) is 18.2 Å². The average molecular weight is 332 g/mol. The normalized spacial score (nSPS) is 25.3. The van der Waals surface area contributed by atoms with Crippen molar-refractivity contribution in [3.05, 3.63) is 35.4 Å². The third-order valence-electron chi connectivity index (χ3n) is 4.89. The number of alkyl carbamates (subject to hydrolysis) is 1. The molecule has 1 aromatic carbocycles. The topological polar surface area (TPSA) is 61.8 Å². The highest BCUT2D eigenvalue weighted by Crippen LogP contribution is 2.35. The molecule has 0 aromatic heterocycles. The van der Waals surface area contributed by atoms with Crippen molar-refractivity contribution in [1.29, 1.82) is 0 Å². The van der Waals surface area contributed by atoms with Crippen LogP contribution in [0.3, 0.4) is 0 Å². The van der Waals surface area contributed by atoms with Crippen molar-refractivity contribution in [3.8, 4) is 0 Å². The van der Waals surface area contributed by atoms with Gasteiger partial charge < -0.3 is 15.2 Å². The molecule has 5 nitrogen and oxygen atoms in total. The van der Waals surface area contributed by atoms with Crippen LogP contribution in [0.2, 0.25) is 0 Å². The van der Waals surface area contributed by atoms with Crippen LogP contribution in [0.5, 0.6) is 0 Å². The van der Waals surface area contributed by atoms with Gasteiger partial charge in [-0.2, -0.15) is 0 Å². The van der Waals surface area contributed by atoms with E-state index in [4.69, 9.17) is 4.74 Å². The van der Waals surface area contributed by atoms with Crippen LogP contribution in [0.1, 0.15) is 50.8 Å². The van der Waals surface area contributed by atoms with Gasteiger partial charge in [-0.1, -0.05) is 24.3 Å². The molecule has 1 fully saturated rings. The number of amides is 1. The Morgan fingerprint density at radius 1 is 1.25 bits per heavy atom. The number of aliphatic hydroxyl groups is 1. The number of aliphatic hydroxyl groups excluding tert-OH is 1. The van der Waals surface area contributed by atoms with Crippen molar-refractivity contribution in [2.75, 3.05) is 13.1 Å². The molecule has 1 saturated heterocycles. The van der Waals surface area contributed by atoms with Crippen LogP contribution in [-0.4, -0.2) is 46.9 Å². The zero-order valence-corrected chi connectivity index (χ0v) is 14.8.